The van der Waals surface area contributed by atoms with Gasteiger partial charge in [0.25, 0.3) is 5.56 Å². The fraction of sp³-hybridized carbons (Fsp3) is 0.421. The van der Waals surface area contributed by atoms with E-state index in [1.807, 2.05) is 18.2 Å². The van der Waals surface area contributed by atoms with Crippen LogP contribution in [0.4, 0.5) is 10.3 Å². The molecule has 4 rings (SSSR count). The predicted molar refractivity (Wildman–Crippen MR) is 118 cm³/mol. The van der Waals surface area contributed by atoms with E-state index < -0.39 is 50.9 Å². The van der Waals surface area contributed by atoms with Crippen molar-refractivity contribution in [1.29, 1.82) is 0 Å². The van der Waals surface area contributed by atoms with Crippen LogP contribution in [-0.2, 0) is 18.6 Å². The van der Waals surface area contributed by atoms with Gasteiger partial charge in [-0.3, -0.25) is 38.5 Å². The Hall–Kier alpha value is -3.03. The molecule has 0 spiro atoms. The molecule has 0 radical (unpaired) electrons. The standard InChI is InChI=1S/C14H19FN5O7P.C5H5N/c1-5(2)11(22)18-14-17-10-8(12(23)19-14)16-4-20(10)13-9(27-28(24)25)7(15)6(3-21)26-13;1-2-4-6-5-3-1/h4-7,9,13,21,28H,3H2,1-2H3,(H,24,25)(H2,17,18,19,22,23);1-5H/t6-,7+,9-,13-;/m1./s1. The van der Waals surface area contributed by atoms with Crippen LogP contribution in [0.3, 0.4) is 0 Å². The zero-order valence-electron chi connectivity index (χ0n) is 18.2. The van der Waals surface area contributed by atoms with E-state index in [2.05, 4.69) is 25.3 Å². The van der Waals surface area contributed by atoms with Crippen LogP contribution in [0.5, 0.6) is 0 Å². The first-order valence-corrected chi connectivity index (χ1v) is 11.4. The molecule has 1 aliphatic rings. The Labute approximate surface area is 192 Å². The highest BCUT2D eigenvalue weighted by Gasteiger charge is 2.48. The van der Waals surface area contributed by atoms with Gasteiger partial charge in [-0.1, -0.05) is 19.9 Å². The first-order chi connectivity index (χ1) is 16.2. The van der Waals surface area contributed by atoms with E-state index in [-0.39, 0.29) is 23.0 Å². The number of H-pyrrole nitrogens is 1. The van der Waals surface area contributed by atoms with Crippen molar-refractivity contribution in [3.05, 3.63) is 47.3 Å². The molecule has 4 heterocycles. The zero-order chi connectivity index (χ0) is 24.8. The first kappa shape index (κ1) is 25.6. The molecule has 15 heteroatoms. The summed E-state index contributed by atoms with van der Waals surface area (Å²) in [5, 5.41) is 11.7. The van der Waals surface area contributed by atoms with Gasteiger partial charge in [0.05, 0.1) is 12.9 Å². The second kappa shape index (κ2) is 11.4. The van der Waals surface area contributed by atoms with E-state index in [0.29, 0.717) is 0 Å². The number of amides is 1. The number of halogens is 1. The van der Waals surface area contributed by atoms with E-state index >= 15 is 0 Å². The lowest BCUT2D eigenvalue weighted by Gasteiger charge is -2.19. The van der Waals surface area contributed by atoms with Crippen LogP contribution in [0.2, 0.25) is 0 Å². The Balaban J connectivity index is 0.000000469. The molecule has 184 valence electrons. The molecule has 5 atom stereocenters. The summed E-state index contributed by atoms with van der Waals surface area (Å²) in [6.07, 6.45) is -1.45. The Morgan fingerprint density at radius 1 is 1.38 bits per heavy atom. The van der Waals surface area contributed by atoms with Crippen molar-refractivity contribution in [2.75, 3.05) is 11.9 Å². The number of hydrogen-bond donors (Lipinski definition) is 4. The molecule has 1 fully saturated rings. The topological polar surface area (TPSA) is 182 Å². The van der Waals surface area contributed by atoms with Gasteiger partial charge in [0, 0.05) is 18.3 Å². The monoisotopic (exact) mass is 498 g/mol. The van der Waals surface area contributed by atoms with Crippen LogP contribution in [-0.4, -0.2) is 65.4 Å². The molecule has 13 nitrogen and oxygen atoms in total. The molecule has 1 amide bonds. The van der Waals surface area contributed by atoms with Crippen LogP contribution in [0.15, 0.2) is 41.7 Å². The number of nitrogens with zero attached hydrogens (tertiary/aromatic N) is 4. The molecular formula is C19H24FN6O7P. The second-order valence-electron chi connectivity index (χ2n) is 7.45. The highest BCUT2D eigenvalue weighted by atomic mass is 31.1. The molecule has 0 aliphatic carbocycles. The molecule has 34 heavy (non-hydrogen) atoms. The third-order valence-corrected chi connectivity index (χ3v) is 5.19. The van der Waals surface area contributed by atoms with Gasteiger partial charge in [-0.25, -0.2) is 9.37 Å². The quantitative estimate of drug-likeness (QED) is 0.355. The summed E-state index contributed by atoms with van der Waals surface area (Å²) in [5.74, 6) is -0.920. The Morgan fingerprint density at radius 2 is 2.09 bits per heavy atom. The lowest BCUT2D eigenvalue weighted by atomic mass is 10.1. The van der Waals surface area contributed by atoms with Crippen molar-refractivity contribution in [1.82, 2.24) is 24.5 Å². The van der Waals surface area contributed by atoms with Crippen LogP contribution in [0.1, 0.15) is 20.1 Å². The summed E-state index contributed by atoms with van der Waals surface area (Å²) >= 11 is 0. The van der Waals surface area contributed by atoms with E-state index in [1.54, 1.807) is 26.2 Å². The maximum Gasteiger partial charge on any atom is 0.317 e. The molecule has 1 unspecified atom stereocenters. The maximum absolute atomic E-state index is 14.5. The number of aliphatic hydroxyl groups is 1. The third kappa shape index (κ3) is 5.90. The van der Waals surface area contributed by atoms with Gasteiger partial charge >= 0.3 is 8.25 Å². The number of aliphatic hydroxyl groups excluding tert-OH is 1. The number of ether oxygens (including phenoxy) is 1. The zero-order valence-corrected chi connectivity index (χ0v) is 19.2. The van der Waals surface area contributed by atoms with E-state index in [1.165, 1.54) is 0 Å². The third-order valence-electron chi connectivity index (χ3n) is 4.72. The largest absolute Gasteiger partial charge is 0.394 e. The second-order valence-corrected chi connectivity index (χ2v) is 8.22. The van der Waals surface area contributed by atoms with E-state index in [4.69, 9.17) is 14.2 Å². The van der Waals surface area contributed by atoms with Gasteiger partial charge in [-0.05, 0) is 12.1 Å². The van der Waals surface area contributed by atoms with Crippen LogP contribution in [0.25, 0.3) is 11.2 Å². The highest BCUT2D eigenvalue weighted by Crippen LogP contribution is 2.39. The summed E-state index contributed by atoms with van der Waals surface area (Å²) in [7, 11) is -3.53. The Morgan fingerprint density at radius 3 is 2.62 bits per heavy atom. The van der Waals surface area contributed by atoms with Crippen molar-refractivity contribution in [3.8, 4) is 0 Å². The minimum Gasteiger partial charge on any atom is -0.394 e. The van der Waals surface area contributed by atoms with Gasteiger partial charge < -0.3 is 14.7 Å². The molecule has 4 N–H and O–H groups in total. The van der Waals surface area contributed by atoms with Crippen LogP contribution < -0.4 is 10.9 Å². The van der Waals surface area contributed by atoms with E-state index in [9.17, 15) is 23.7 Å². The summed E-state index contributed by atoms with van der Waals surface area (Å²) in [5.41, 5.74) is -0.848. The molecule has 1 saturated heterocycles. The SMILES string of the molecule is CC(C)C(=O)Nc1nc2c(ncn2[C@@H]2O[C@H](CO)[C@H](F)[C@H]2O[PH](=O)O)c(=O)[nH]1.c1ccncc1. The van der Waals surface area contributed by atoms with Crippen molar-refractivity contribution in [3.63, 3.8) is 0 Å². The fourth-order valence-corrected chi connectivity index (χ4v) is 3.53. The number of alkyl halides is 1. The number of carbonyl (C=O) groups excluding carboxylic acids is 1. The van der Waals surface area contributed by atoms with Gasteiger partial charge in [0.1, 0.15) is 12.2 Å². The first-order valence-electron chi connectivity index (χ1n) is 10.2. The normalized spacial score (nSPS) is 22.9. The number of anilines is 1. The number of imidazole rings is 1. The summed E-state index contributed by atoms with van der Waals surface area (Å²) in [6.45, 7) is 2.61. The molecule has 0 bridgehead atoms. The molecule has 3 aromatic rings. The smallest absolute Gasteiger partial charge is 0.317 e. The molecule has 3 aromatic heterocycles. The fourth-order valence-electron chi connectivity index (χ4n) is 3.05. The van der Waals surface area contributed by atoms with Crippen molar-refractivity contribution in [2.45, 2.75) is 38.5 Å². The lowest BCUT2D eigenvalue weighted by molar-refractivity contribution is -0.118. The number of pyridine rings is 1. The average molecular weight is 498 g/mol. The molecule has 0 saturated carbocycles. The number of rotatable bonds is 6. The van der Waals surface area contributed by atoms with Crippen LogP contribution >= 0.6 is 8.25 Å². The number of hydrogen-bond acceptors (Lipinski definition) is 9. The van der Waals surface area contributed by atoms with Crippen molar-refractivity contribution >= 4 is 31.3 Å². The predicted octanol–water partition coefficient (Wildman–Crippen LogP) is 0.791. The van der Waals surface area contributed by atoms with Crippen molar-refractivity contribution < 1.29 is 33.0 Å². The molecular weight excluding hydrogens is 474 g/mol. The minimum absolute atomic E-state index is 0.0650. The highest BCUT2D eigenvalue weighted by molar-refractivity contribution is 7.32. The number of aromatic amines is 1. The van der Waals surface area contributed by atoms with Gasteiger partial charge in [-0.2, -0.15) is 4.98 Å². The number of carbonyl (C=O) groups is 1. The Bertz CT molecular complexity index is 1160. The van der Waals surface area contributed by atoms with Crippen LogP contribution in [0, 0.1) is 5.92 Å². The van der Waals surface area contributed by atoms with Gasteiger partial charge in [-0.15, -0.1) is 0 Å². The summed E-state index contributed by atoms with van der Waals surface area (Å²) in [6, 6.07) is 5.72. The maximum atomic E-state index is 14.5. The molecule has 1 aliphatic heterocycles. The van der Waals surface area contributed by atoms with Crippen molar-refractivity contribution in [2.24, 2.45) is 5.92 Å². The van der Waals surface area contributed by atoms with E-state index in [0.717, 1.165) is 10.9 Å². The number of aromatic nitrogens is 5. The van der Waals surface area contributed by atoms with Gasteiger partial charge in [0.2, 0.25) is 11.9 Å². The van der Waals surface area contributed by atoms with Gasteiger partial charge in [0.15, 0.2) is 23.6 Å². The summed E-state index contributed by atoms with van der Waals surface area (Å²) in [4.78, 5) is 47.3. The number of nitrogens with one attached hydrogen (secondary N) is 2. The molecule has 0 aromatic carbocycles. The number of fused-ring (bicyclic) bond motifs is 1. The average Bonchev–Trinajstić information content (AvgIpc) is 3.36. The Kier molecular flexibility index (Phi) is 8.58. The minimum atomic E-state index is -3.53. The lowest BCUT2D eigenvalue weighted by Crippen LogP contribution is -2.30. The summed E-state index contributed by atoms with van der Waals surface area (Å²) < 4.78 is 36.8.